The number of rotatable bonds is 2. The minimum atomic E-state index is 0.874. The summed E-state index contributed by atoms with van der Waals surface area (Å²) in [4.78, 5) is 1.10. The van der Waals surface area contributed by atoms with Crippen LogP contribution >= 0.6 is 22.5 Å². The number of methoxy groups -OCH3 is 1. The van der Waals surface area contributed by atoms with Crippen molar-refractivity contribution in [3.63, 3.8) is 0 Å². The zero-order valence-corrected chi connectivity index (χ0v) is 7.28. The molecule has 10 heavy (non-hydrogen) atoms. The van der Waals surface area contributed by atoms with E-state index in [1.165, 1.54) is 10.8 Å². The van der Waals surface area contributed by atoms with E-state index < -0.39 is 0 Å². The van der Waals surface area contributed by atoms with Crippen LogP contribution in [0.25, 0.3) is 0 Å². The van der Waals surface area contributed by atoms with Crippen molar-refractivity contribution in [3.8, 4) is 5.75 Å². The molecule has 0 unspecified atom stereocenters. The standard InChI is InChI=1S/C7H8OS2/c1-8-6-3-2-4-7(5-6)10-9/h2-5,9H,1H3. The quantitative estimate of drug-likeness (QED) is 0.542. The fraction of sp³-hybridized carbons (Fsp3) is 0.143. The van der Waals surface area contributed by atoms with Crippen molar-refractivity contribution in [1.82, 2.24) is 0 Å². The maximum Gasteiger partial charge on any atom is 0.120 e. The van der Waals surface area contributed by atoms with Gasteiger partial charge in [0.15, 0.2) is 0 Å². The van der Waals surface area contributed by atoms with Gasteiger partial charge in [0.1, 0.15) is 5.75 Å². The maximum atomic E-state index is 5.01. The topological polar surface area (TPSA) is 9.23 Å². The van der Waals surface area contributed by atoms with E-state index in [-0.39, 0.29) is 0 Å². The fourth-order valence-corrected chi connectivity index (χ4v) is 1.31. The number of hydrogen-bond acceptors (Lipinski definition) is 3. The summed E-state index contributed by atoms with van der Waals surface area (Å²) >= 11 is 4.06. The van der Waals surface area contributed by atoms with E-state index in [4.69, 9.17) is 4.74 Å². The summed E-state index contributed by atoms with van der Waals surface area (Å²) in [6.45, 7) is 0. The summed E-state index contributed by atoms with van der Waals surface area (Å²) in [6.07, 6.45) is 0. The molecule has 0 radical (unpaired) electrons. The number of benzene rings is 1. The summed E-state index contributed by atoms with van der Waals surface area (Å²) in [5.41, 5.74) is 0. The van der Waals surface area contributed by atoms with E-state index >= 15 is 0 Å². The molecule has 1 aromatic carbocycles. The molecule has 0 aliphatic heterocycles. The van der Waals surface area contributed by atoms with Crippen molar-refractivity contribution >= 4 is 22.5 Å². The molecule has 1 rings (SSSR count). The third-order valence-electron chi connectivity index (χ3n) is 1.15. The van der Waals surface area contributed by atoms with E-state index in [9.17, 15) is 0 Å². The van der Waals surface area contributed by atoms with Crippen molar-refractivity contribution < 1.29 is 4.74 Å². The van der Waals surface area contributed by atoms with E-state index in [1.807, 2.05) is 24.3 Å². The Balaban J connectivity index is 2.87. The normalized spacial score (nSPS) is 9.40. The van der Waals surface area contributed by atoms with Crippen LogP contribution in [-0.4, -0.2) is 7.11 Å². The zero-order chi connectivity index (χ0) is 7.40. The van der Waals surface area contributed by atoms with Crippen molar-refractivity contribution in [1.29, 1.82) is 0 Å². The van der Waals surface area contributed by atoms with Gasteiger partial charge in [-0.05, 0) is 18.2 Å². The Labute approximate surface area is 69.6 Å². The molecule has 0 spiro atoms. The summed E-state index contributed by atoms with van der Waals surface area (Å²) in [5.74, 6) is 0.874. The van der Waals surface area contributed by atoms with Gasteiger partial charge in [-0.3, -0.25) is 0 Å². The smallest absolute Gasteiger partial charge is 0.120 e. The van der Waals surface area contributed by atoms with E-state index in [0.717, 1.165) is 10.6 Å². The van der Waals surface area contributed by atoms with Crippen LogP contribution in [0.15, 0.2) is 29.2 Å². The molecule has 3 heteroatoms. The van der Waals surface area contributed by atoms with Gasteiger partial charge in [-0.25, -0.2) is 0 Å². The lowest BCUT2D eigenvalue weighted by molar-refractivity contribution is 0.413. The SMILES string of the molecule is COc1cccc(SS)c1. The molecule has 0 aliphatic carbocycles. The lowest BCUT2D eigenvalue weighted by Crippen LogP contribution is -1.80. The van der Waals surface area contributed by atoms with E-state index in [1.54, 1.807) is 7.11 Å². The van der Waals surface area contributed by atoms with Gasteiger partial charge >= 0.3 is 0 Å². The van der Waals surface area contributed by atoms with Crippen molar-refractivity contribution in [2.75, 3.05) is 7.11 Å². The van der Waals surface area contributed by atoms with Crippen LogP contribution in [0.2, 0.25) is 0 Å². The Hall–Kier alpha value is -0.280. The Kier molecular flexibility index (Phi) is 2.96. The van der Waals surface area contributed by atoms with E-state index in [0.29, 0.717) is 0 Å². The third kappa shape index (κ3) is 1.85. The average molecular weight is 172 g/mol. The van der Waals surface area contributed by atoms with Gasteiger partial charge in [0.25, 0.3) is 0 Å². The zero-order valence-electron chi connectivity index (χ0n) is 5.57. The lowest BCUT2D eigenvalue weighted by Gasteiger charge is -1.99. The molecule has 0 amide bonds. The number of thiol groups is 1. The molecule has 0 N–H and O–H groups in total. The largest absolute Gasteiger partial charge is 0.497 e. The summed E-state index contributed by atoms with van der Waals surface area (Å²) in [5, 5.41) is 0. The van der Waals surface area contributed by atoms with Crippen LogP contribution in [-0.2, 0) is 0 Å². The highest BCUT2D eigenvalue weighted by Crippen LogP contribution is 2.24. The Bertz CT molecular complexity index is 193. The first kappa shape index (κ1) is 7.82. The first-order chi connectivity index (χ1) is 4.86. The third-order valence-corrected chi connectivity index (χ3v) is 2.24. The van der Waals surface area contributed by atoms with Gasteiger partial charge in [-0.2, -0.15) is 0 Å². The Morgan fingerprint density at radius 1 is 1.50 bits per heavy atom. The van der Waals surface area contributed by atoms with Gasteiger partial charge < -0.3 is 4.74 Å². The molecule has 0 aliphatic rings. The molecule has 0 heterocycles. The van der Waals surface area contributed by atoms with E-state index in [2.05, 4.69) is 11.7 Å². The second-order valence-electron chi connectivity index (χ2n) is 1.77. The van der Waals surface area contributed by atoms with Crippen LogP contribution in [0.4, 0.5) is 0 Å². The molecule has 0 fully saturated rings. The van der Waals surface area contributed by atoms with Crippen LogP contribution < -0.4 is 4.74 Å². The predicted octanol–water partition coefficient (Wildman–Crippen LogP) is 2.63. The van der Waals surface area contributed by atoms with Crippen molar-refractivity contribution in [3.05, 3.63) is 24.3 Å². The molecule has 0 aromatic heterocycles. The highest BCUT2D eigenvalue weighted by molar-refractivity contribution is 8.68. The van der Waals surface area contributed by atoms with Gasteiger partial charge in [0.2, 0.25) is 0 Å². The van der Waals surface area contributed by atoms with Gasteiger partial charge in [0.05, 0.1) is 7.11 Å². The van der Waals surface area contributed by atoms with Crippen LogP contribution in [0.5, 0.6) is 5.75 Å². The van der Waals surface area contributed by atoms with Gasteiger partial charge in [-0.1, -0.05) is 16.9 Å². The maximum absolute atomic E-state index is 5.01. The monoisotopic (exact) mass is 172 g/mol. The van der Waals surface area contributed by atoms with Gasteiger partial charge in [-0.15, -0.1) is 11.7 Å². The van der Waals surface area contributed by atoms with Gasteiger partial charge in [0, 0.05) is 4.90 Å². The van der Waals surface area contributed by atoms with Crippen molar-refractivity contribution in [2.45, 2.75) is 4.90 Å². The van der Waals surface area contributed by atoms with Crippen LogP contribution in [0.1, 0.15) is 0 Å². The van der Waals surface area contributed by atoms with Crippen molar-refractivity contribution in [2.24, 2.45) is 0 Å². The predicted molar refractivity (Wildman–Crippen MR) is 47.8 cm³/mol. The number of ether oxygens (including phenoxy) is 1. The molecule has 0 atom stereocenters. The second kappa shape index (κ2) is 3.78. The number of hydrogen-bond donors (Lipinski definition) is 1. The molecule has 0 saturated carbocycles. The highest BCUT2D eigenvalue weighted by Gasteiger charge is 1.91. The molecule has 0 bridgehead atoms. The van der Waals surface area contributed by atoms with Crippen LogP contribution in [0.3, 0.4) is 0 Å². The first-order valence-corrected chi connectivity index (χ1v) is 4.69. The summed E-state index contributed by atoms with van der Waals surface area (Å²) in [7, 11) is 3.07. The molecule has 54 valence electrons. The summed E-state index contributed by atoms with van der Waals surface area (Å²) < 4.78 is 5.01. The lowest BCUT2D eigenvalue weighted by atomic mass is 10.3. The minimum absolute atomic E-state index is 0.874. The molecular formula is C7H8OS2. The fourth-order valence-electron chi connectivity index (χ4n) is 0.658. The molecule has 0 saturated heterocycles. The Morgan fingerprint density at radius 3 is 2.90 bits per heavy atom. The molecule has 1 nitrogen and oxygen atoms in total. The summed E-state index contributed by atoms with van der Waals surface area (Å²) in [6, 6.07) is 7.78. The average Bonchev–Trinajstić information content (AvgIpc) is 2.05. The molecular weight excluding hydrogens is 164 g/mol. The first-order valence-electron chi connectivity index (χ1n) is 2.82. The molecule has 1 aromatic rings. The highest BCUT2D eigenvalue weighted by atomic mass is 33.1. The second-order valence-corrected chi connectivity index (χ2v) is 2.97. The Morgan fingerprint density at radius 2 is 2.30 bits per heavy atom. The minimum Gasteiger partial charge on any atom is -0.497 e. The van der Waals surface area contributed by atoms with Crippen LogP contribution in [0, 0.1) is 0 Å².